The first-order valence-corrected chi connectivity index (χ1v) is 10.2. The van der Waals surface area contributed by atoms with E-state index in [0.29, 0.717) is 18.8 Å². The number of halogens is 2. The van der Waals surface area contributed by atoms with Crippen LogP contribution in [0.25, 0.3) is 0 Å². The summed E-state index contributed by atoms with van der Waals surface area (Å²) in [4.78, 5) is 12.3. The standard InChI is InChI=1S/C19H19F2NO6S/c20-19(21)28-17-7-2-1-6-16(17)18(23)27-13-14-4-3-5-15(12-14)29(24,25)22-8-10-26-11-9-22/h1-7,12,19H,8-11,13H2. The highest BCUT2D eigenvalue weighted by Gasteiger charge is 2.26. The molecule has 0 saturated carbocycles. The summed E-state index contributed by atoms with van der Waals surface area (Å²) in [6.45, 7) is -2.11. The van der Waals surface area contributed by atoms with Gasteiger partial charge in [0.25, 0.3) is 0 Å². The second-order valence-corrected chi connectivity index (χ2v) is 8.05. The van der Waals surface area contributed by atoms with Crippen LogP contribution in [0.15, 0.2) is 53.4 Å². The normalized spacial score (nSPS) is 15.3. The molecule has 0 atom stereocenters. The van der Waals surface area contributed by atoms with Crippen LogP contribution in [0.4, 0.5) is 8.78 Å². The summed E-state index contributed by atoms with van der Waals surface area (Å²) in [5.41, 5.74) is 0.296. The third-order valence-corrected chi connectivity index (χ3v) is 6.09. The van der Waals surface area contributed by atoms with Gasteiger partial charge in [0.05, 0.1) is 18.1 Å². The number of rotatable bonds is 7. The van der Waals surface area contributed by atoms with Crippen LogP contribution in [-0.2, 0) is 26.1 Å². The van der Waals surface area contributed by atoms with Crippen molar-refractivity contribution < 1.29 is 36.2 Å². The predicted octanol–water partition coefficient (Wildman–Crippen LogP) is 2.67. The molecule has 0 radical (unpaired) electrons. The Labute approximate surface area is 166 Å². The molecule has 7 nitrogen and oxygen atoms in total. The van der Waals surface area contributed by atoms with E-state index in [-0.39, 0.29) is 35.9 Å². The number of nitrogens with zero attached hydrogens (tertiary/aromatic N) is 1. The monoisotopic (exact) mass is 427 g/mol. The summed E-state index contributed by atoms with van der Waals surface area (Å²) in [5.74, 6) is -1.15. The second kappa shape index (κ2) is 9.29. The number of benzene rings is 2. The van der Waals surface area contributed by atoms with Gasteiger partial charge in [-0.2, -0.15) is 13.1 Å². The van der Waals surface area contributed by atoms with E-state index >= 15 is 0 Å². The number of morpholine rings is 1. The maximum absolute atomic E-state index is 12.7. The molecule has 2 aromatic rings. The zero-order chi connectivity index (χ0) is 20.9. The van der Waals surface area contributed by atoms with E-state index in [4.69, 9.17) is 9.47 Å². The quantitative estimate of drug-likeness (QED) is 0.632. The molecule has 3 rings (SSSR count). The maximum atomic E-state index is 12.7. The Bertz CT molecular complexity index is 961. The van der Waals surface area contributed by atoms with E-state index in [1.54, 1.807) is 12.1 Å². The summed E-state index contributed by atoms with van der Waals surface area (Å²) in [6, 6.07) is 11.5. The smallest absolute Gasteiger partial charge is 0.387 e. The van der Waals surface area contributed by atoms with Crippen molar-refractivity contribution >= 4 is 16.0 Å². The molecule has 0 aliphatic carbocycles. The predicted molar refractivity (Wildman–Crippen MR) is 98.2 cm³/mol. The fourth-order valence-corrected chi connectivity index (χ4v) is 4.27. The Morgan fingerprint density at radius 2 is 1.83 bits per heavy atom. The number of hydrogen-bond donors (Lipinski definition) is 0. The zero-order valence-electron chi connectivity index (χ0n) is 15.3. The van der Waals surface area contributed by atoms with Crippen molar-refractivity contribution in [2.45, 2.75) is 18.1 Å². The van der Waals surface area contributed by atoms with Crippen LogP contribution < -0.4 is 4.74 Å². The first kappa shape index (κ1) is 21.2. The maximum Gasteiger partial charge on any atom is 0.387 e. The molecule has 1 heterocycles. The van der Waals surface area contributed by atoms with Crippen molar-refractivity contribution in [3.8, 4) is 5.75 Å². The summed E-state index contributed by atoms with van der Waals surface area (Å²) >= 11 is 0. The average Bonchev–Trinajstić information content (AvgIpc) is 2.73. The van der Waals surface area contributed by atoms with Crippen molar-refractivity contribution in [3.63, 3.8) is 0 Å². The van der Waals surface area contributed by atoms with Crippen LogP contribution in [0.1, 0.15) is 15.9 Å². The van der Waals surface area contributed by atoms with E-state index in [1.807, 2.05) is 0 Å². The van der Waals surface area contributed by atoms with Crippen LogP contribution in [0.5, 0.6) is 5.75 Å². The highest BCUT2D eigenvalue weighted by molar-refractivity contribution is 7.89. The third-order valence-electron chi connectivity index (χ3n) is 4.20. The molecule has 1 fully saturated rings. The summed E-state index contributed by atoms with van der Waals surface area (Å²) in [5, 5.41) is 0. The molecule has 0 bridgehead atoms. The SMILES string of the molecule is O=C(OCc1cccc(S(=O)(=O)N2CCOCC2)c1)c1ccccc1OC(F)F. The Balaban J connectivity index is 1.71. The second-order valence-electron chi connectivity index (χ2n) is 6.11. The molecule has 1 aliphatic heterocycles. The molecule has 0 N–H and O–H groups in total. The van der Waals surface area contributed by atoms with Crippen LogP contribution in [0.3, 0.4) is 0 Å². The molecule has 0 aromatic heterocycles. The van der Waals surface area contributed by atoms with Gasteiger partial charge in [-0.15, -0.1) is 0 Å². The van der Waals surface area contributed by atoms with Gasteiger partial charge in [-0.25, -0.2) is 13.2 Å². The van der Waals surface area contributed by atoms with Gasteiger partial charge in [0, 0.05) is 13.1 Å². The van der Waals surface area contributed by atoms with Crippen LogP contribution >= 0.6 is 0 Å². The lowest BCUT2D eigenvalue weighted by Gasteiger charge is -2.26. The number of hydrogen-bond acceptors (Lipinski definition) is 6. The highest BCUT2D eigenvalue weighted by atomic mass is 32.2. The van der Waals surface area contributed by atoms with Crippen molar-refractivity contribution in [2.75, 3.05) is 26.3 Å². The van der Waals surface area contributed by atoms with Gasteiger partial charge in [0.1, 0.15) is 17.9 Å². The minimum absolute atomic E-state index is 0.0781. The molecule has 2 aromatic carbocycles. The molecular formula is C19H19F2NO6S. The lowest BCUT2D eigenvalue weighted by Crippen LogP contribution is -2.40. The number of carbonyl (C=O) groups excluding carboxylic acids is 1. The van der Waals surface area contributed by atoms with Crippen LogP contribution in [-0.4, -0.2) is 51.6 Å². The number of alkyl halides is 2. The first-order chi connectivity index (χ1) is 13.9. The molecule has 0 unspecified atom stereocenters. The molecule has 0 amide bonds. The van der Waals surface area contributed by atoms with E-state index < -0.39 is 22.6 Å². The lowest BCUT2D eigenvalue weighted by atomic mass is 10.2. The number of ether oxygens (including phenoxy) is 3. The topological polar surface area (TPSA) is 82.1 Å². The first-order valence-electron chi connectivity index (χ1n) is 8.76. The van der Waals surface area contributed by atoms with Gasteiger partial charge in [-0.3, -0.25) is 0 Å². The van der Waals surface area contributed by atoms with Gasteiger partial charge in [-0.05, 0) is 29.8 Å². The van der Waals surface area contributed by atoms with Crippen LogP contribution in [0.2, 0.25) is 0 Å². The number of carbonyl (C=O) groups is 1. The third kappa shape index (κ3) is 5.28. The Morgan fingerprint density at radius 3 is 2.55 bits per heavy atom. The lowest BCUT2D eigenvalue weighted by molar-refractivity contribution is -0.0505. The van der Waals surface area contributed by atoms with Crippen molar-refractivity contribution in [3.05, 3.63) is 59.7 Å². The van der Waals surface area contributed by atoms with Crippen LogP contribution in [0, 0.1) is 0 Å². The molecular weight excluding hydrogens is 408 g/mol. The molecule has 156 valence electrons. The van der Waals surface area contributed by atoms with Crippen molar-refractivity contribution in [1.29, 1.82) is 0 Å². The number of esters is 1. The van der Waals surface area contributed by atoms with Gasteiger partial charge in [0.2, 0.25) is 10.0 Å². The minimum Gasteiger partial charge on any atom is -0.457 e. The van der Waals surface area contributed by atoms with E-state index in [2.05, 4.69) is 4.74 Å². The number of para-hydroxylation sites is 1. The van der Waals surface area contributed by atoms with E-state index in [1.165, 1.54) is 40.7 Å². The average molecular weight is 427 g/mol. The summed E-state index contributed by atoms with van der Waals surface area (Å²) in [7, 11) is -3.69. The Hall–Kier alpha value is -2.56. The molecule has 10 heteroatoms. The molecule has 0 spiro atoms. The highest BCUT2D eigenvalue weighted by Crippen LogP contribution is 2.22. The molecule has 29 heavy (non-hydrogen) atoms. The van der Waals surface area contributed by atoms with E-state index in [9.17, 15) is 22.0 Å². The van der Waals surface area contributed by atoms with Gasteiger partial charge in [0.15, 0.2) is 0 Å². The van der Waals surface area contributed by atoms with E-state index in [0.717, 1.165) is 0 Å². The van der Waals surface area contributed by atoms with Crippen molar-refractivity contribution in [2.24, 2.45) is 0 Å². The fraction of sp³-hybridized carbons (Fsp3) is 0.316. The van der Waals surface area contributed by atoms with Gasteiger partial charge >= 0.3 is 12.6 Å². The summed E-state index contributed by atoms with van der Waals surface area (Å²) < 4.78 is 66.4. The largest absolute Gasteiger partial charge is 0.457 e. The van der Waals surface area contributed by atoms with Crippen molar-refractivity contribution in [1.82, 2.24) is 4.31 Å². The zero-order valence-corrected chi connectivity index (χ0v) is 16.1. The molecule has 1 saturated heterocycles. The fourth-order valence-electron chi connectivity index (χ4n) is 2.79. The minimum atomic E-state index is -3.69. The number of sulfonamides is 1. The summed E-state index contributed by atoms with van der Waals surface area (Å²) in [6.07, 6.45) is 0. The molecule has 1 aliphatic rings. The van der Waals surface area contributed by atoms with Gasteiger partial charge < -0.3 is 14.2 Å². The van der Waals surface area contributed by atoms with Gasteiger partial charge in [-0.1, -0.05) is 24.3 Å². The Kier molecular flexibility index (Phi) is 6.78. The Morgan fingerprint density at radius 1 is 1.10 bits per heavy atom.